The summed E-state index contributed by atoms with van der Waals surface area (Å²) in [6.45, 7) is 7.02. The van der Waals surface area contributed by atoms with Gasteiger partial charge in [-0.15, -0.1) is 0 Å². The molecule has 2 N–H and O–H groups in total. The fourth-order valence-corrected chi connectivity index (χ4v) is 2.08. The highest BCUT2D eigenvalue weighted by Crippen LogP contribution is 2.31. The molecular formula is C11H19N3O. The van der Waals surface area contributed by atoms with Crippen LogP contribution in [0.2, 0.25) is 0 Å². The molecular weight excluding hydrogens is 190 g/mol. The van der Waals surface area contributed by atoms with E-state index in [0.717, 1.165) is 38.3 Å². The van der Waals surface area contributed by atoms with Crippen LogP contribution in [0.15, 0.2) is 6.07 Å². The highest BCUT2D eigenvalue weighted by atomic mass is 16.5. The Morgan fingerprint density at radius 3 is 2.73 bits per heavy atom. The fraction of sp³-hybridized carbons (Fsp3) is 0.727. The maximum Gasteiger partial charge on any atom is 0.145 e. The molecule has 1 aromatic rings. The normalized spacial score (nSPS) is 20.4. The average molecular weight is 209 g/mol. The van der Waals surface area contributed by atoms with Crippen LogP contribution in [0.3, 0.4) is 0 Å². The largest absolute Gasteiger partial charge is 0.382 e. The van der Waals surface area contributed by atoms with Crippen molar-refractivity contribution in [1.29, 1.82) is 0 Å². The lowest BCUT2D eigenvalue weighted by Crippen LogP contribution is -2.31. The lowest BCUT2D eigenvalue weighted by molar-refractivity contribution is 0.0136. The van der Waals surface area contributed by atoms with Gasteiger partial charge in [-0.25, -0.2) is 0 Å². The Hall–Kier alpha value is -1.03. The van der Waals surface area contributed by atoms with Gasteiger partial charge < -0.3 is 10.5 Å². The Bertz CT molecular complexity index is 340. The summed E-state index contributed by atoms with van der Waals surface area (Å²) in [5, 5.41) is 4.30. The number of nitrogens with zero attached hydrogens (tertiary/aromatic N) is 2. The predicted molar refractivity (Wildman–Crippen MR) is 59.5 cm³/mol. The zero-order valence-corrected chi connectivity index (χ0v) is 9.49. The van der Waals surface area contributed by atoms with E-state index in [1.165, 1.54) is 0 Å². The van der Waals surface area contributed by atoms with Crippen LogP contribution in [0.5, 0.6) is 0 Å². The number of rotatable bonds is 2. The van der Waals surface area contributed by atoms with Crippen LogP contribution in [0.25, 0.3) is 0 Å². The van der Waals surface area contributed by atoms with E-state index in [1.807, 2.05) is 17.7 Å². The van der Waals surface area contributed by atoms with Crippen molar-refractivity contribution in [3.05, 3.63) is 11.8 Å². The molecule has 0 unspecified atom stereocenters. The second kappa shape index (κ2) is 3.85. The van der Waals surface area contributed by atoms with Gasteiger partial charge in [-0.05, 0) is 25.2 Å². The van der Waals surface area contributed by atoms with E-state index in [0.29, 0.717) is 11.2 Å². The Balaban J connectivity index is 2.09. The lowest BCUT2D eigenvalue weighted by atomic mass is 9.82. The summed E-state index contributed by atoms with van der Waals surface area (Å²) in [4.78, 5) is 0. The summed E-state index contributed by atoms with van der Waals surface area (Å²) >= 11 is 0. The van der Waals surface area contributed by atoms with Crippen LogP contribution in [0, 0.1) is 12.3 Å². The van der Waals surface area contributed by atoms with Gasteiger partial charge in [0.25, 0.3) is 0 Å². The number of aryl methyl sites for hydroxylation is 1. The van der Waals surface area contributed by atoms with Crippen molar-refractivity contribution in [2.75, 3.05) is 18.9 Å². The quantitative estimate of drug-likeness (QED) is 0.804. The zero-order valence-electron chi connectivity index (χ0n) is 9.49. The molecule has 2 heterocycles. The smallest absolute Gasteiger partial charge is 0.145 e. The second-order valence-electron chi connectivity index (χ2n) is 4.79. The summed E-state index contributed by atoms with van der Waals surface area (Å²) in [5.74, 6) is 0.614. The third-order valence-electron chi connectivity index (χ3n) is 3.23. The van der Waals surface area contributed by atoms with E-state index in [1.54, 1.807) is 0 Å². The summed E-state index contributed by atoms with van der Waals surface area (Å²) in [6.07, 6.45) is 2.21. The number of hydrogen-bond acceptors (Lipinski definition) is 3. The van der Waals surface area contributed by atoms with Crippen molar-refractivity contribution < 1.29 is 4.74 Å². The van der Waals surface area contributed by atoms with Crippen molar-refractivity contribution in [3.63, 3.8) is 0 Å². The maximum absolute atomic E-state index is 5.67. The van der Waals surface area contributed by atoms with E-state index in [2.05, 4.69) is 12.0 Å². The van der Waals surface area contributed by atoms with Crippen LogP contribution in [0.4, 0.5) is 5.82 Å². The Kier molecular flexibility index (Phi) is 2.69. The molecule has 0 bridgehead atoms. The number of aromatic nitrogens is 2. The van der Waals surface area contributed by atoms with Crippen LogP contribution in [-0.2, 0) is 11.3 Å². The molecule has 1 saturated heterocycles. The molecule has 0 atom stereocenters. The minimum absolute atomic E-state index is 0.307. The van der Waals surface area contributed by atoms with Crippen molar-refractivity contribution in [3.8, 4) is 0 Å². The molecule has 0 aromatic carbocycles. The molecule has 0 radical (unpaired) electrons. The van der Waals surface area contributed by atoms with E-state index in [4.69, 9.17) is 10.5 Å². The van der Waals surface area contributed by atoms with Gasteiger partial charge in [-0.1, -0.05) is 6.92 Å². The van der Waals surface area contributed by atoms with Gasteiger partial charge in [-0.2, -0.15) is 5.10 Å². The number of anilines is 1. The van der Waals surface area contributed by atoms with Crippen molar-refractivity contribution in [1.82, 2.24) is 9.78 Å². The molecule has 0 amide bonds. The number of nitrogens with two attached hydrogens (primary N) is 1. The summed E-state index contributed by atoms with van der Waals surface area (Å²) in [5.41, 5.74) is 7.12. The van der Waals surface area contributed by atoms with Crippen LogP contribution in [-0.4, -0.2) is 23.0 Å². The van der Waals surface area contributed by atoms with Crippen molar-refractivity contribution >= 4 is 5.82 Å². The average Bonchev–Trinajstić information content (AvgIpc) is 2.45. The molecule has 4 nitrogen and oxygen atoms in total. The first-order chi connectivity index (χ1) is 7.09. The van der Waals surface area contributed by atoms with E-state index < -0.39 is 0 Å². The molecule has 15 heavy (non-hydrogen) atoms. The first-order valence-electron chi connectivity index (χ1n) is 5.47. The molecule has 84 valence electrons. The first-order valence-corrected chi connectivity index (χ1v) is 5.47. The van der Waals surface area contributed by atoms with Gasteiger partial charge in [0.05, 0.1) is 0 Å². The van der Waals surface area contributed by atoms with Gasteiger partial charge >= 0.3 is 0 Å². The molecule has 0 spiro atoms. The zero-order chi connectivity index (χ0) is 10.9. The Morgan fingerprint density at radius 1 is 1.53 bits per heavy atom. The van der Waals surface area contributed by atoms with Gasteiger partial charge in [-0.3, -0.25) is 4.68 Å². The van der Waals surface area contributed by atoms with Crippen LogP contribution < -0.4 is 5.73 Å². The highest BCUT2D eigenvalue weighted by molar-refractivity contribution is 5.28. The molecule has 1 aliphatic heterocycles. The molecule has 0 saturated carbocycles. The second-order valence-corrected chi connectivity index (χ2v) is 4.79. The molecule has 1 fully saturated rings. The number of hydrogen-bond donors (Lipinski definition) is 1. The van der Waals surface area contributed by atoms with Crippen LogP contribution >= 0.6 is 0 Å². The summed E-state index contributed by atoms with van der Waals surface area (Å²) in [7, 11) is 0. The van der Waals surface area contributed by atoms with E-state index in [-0.39, 0.29) is 0 Å². The van der Waals surface area contributed by atoms with Gasteiger partial charge in [0.2, 0.25) is 0 Å². The van der Waals surface area contributed by atoms with Crippen molar-refractivity contribution in [2.45, 2.75) is 33.2 Å². The Morgan fingerprint density at radius 2 is 2.20 bits per heavy atom. The van der Waals surface area contributed by atoms with Gasteiger partial charge in [0.15, 0.2) is 0 Å². The minimum Gasteiger partial charge on any atom is -0.382 e. The lowest BCUT2D eigenvalue weighted by Gasteiger charge is -2.33. The Labute approximate surface area is 90.4 Å². The molecule has 1 aromatic heterocycles. The minimum atomic E-state index is 0.307. The number of nitrogen functional groups attached to an aromatic ring is 1. The van der Waals surface area contributed by atoms with Gasteiger partial charge in [0.1, 0.15) is 5.82 Å². The molecule has 1 aliphatic rings. The van der Waals surface area contributed by atoms with Gasteiger partial charge in [0, 0.05) is 31.5 Å². The molecule has 2 rings (SSSR count). The van der Waals surface area contributed by atoms with E-state index in [9.17, 15) is 0 Å². The highest BCUT2D eigenvalue weighted by Gasteiger charge is 2.28. The summed E-state index contributed by atoms with van der Waals surface area (Å²) < 4.78 is 7.40. The SMILES string of the molecule is Cc1cc(N)nn1CC1(C)CCOCC1. The summed E-state index contributed by atoms with van der Waals surface area (Å²) in [6, 6.07) is 1.92. The van der Waals surface area contributed by atoms with Crippen molar-refractivity contribution in [2.24, 2.45) is 5.41 Å². The molecule has 4 heteroatoms. The predicted octanol–water partition coefficient (Wildman–Crippen LogP) is 1.59. The third kappa shape index (κ3) is 2.31. The first kappa shape index (κ1) is 10.5. The monoisotopic (exact) mass is 209 g/mol. The maximum atomic E-state index is 5.67. The number of ether oxygens (including phenoxy) is 1. The standard InChI is InChI=1S/C11H19N3O/c1-9-7-10(12)13-14(9)8-11(2)3-5-15-6-4-11/h7H,3-6,8H2,1-2H3,(H2,12,13). The van der Waals surface area contributed by atoms with Crippen LogP contribution in [0.1, 0.15) is 25.5 Å². The molecule has 0 aliphatic carbocycles. The topological polar surface area (TPSA) is 53.1 Å². The fourth-order valence-electron chi connectivity index (χ4n) is 2.08. The third-order valence-corrected chi connectivity index (χ3v) is 3.23. The van der Waals surface area contributed by atoms with E-state index >= 15 is 0 Å².